The Bertz CT molecular complexity index is 1450. The molecule has 1 rings (SSSR count). The molecule has 0 aliphatic heterocycles. The van der Waals surface area contributed by atoms with Gasteiger partial charge in [-0.1, -0.05) is 146 Å². The number of phosphoric ester groups is 2. The first-order valence-electron chi connectivity index (χ1n) is 24.2. The monoisotopic (exact) mass is 967 g/mol. The largest absolute Gasteiger partial charge is 0.472 e. The van der Waals surface area contributed by atoms with Crippen LogP contribution in [0.4, 0.5) is 0 Å². The topological polar surface area (TPSA) is 256 Å². The number of aliphatic hydroxyl groups excluding tert-OH is 4. The zero-order chi connectivity index (χ0) is 48.2. The van der Waals surface area contributed by atoms with E-state index < -0.39 is 83.5 Å². The van der Waals surface area contributed by atoms with Crippen LogP contribution in [0.3, 0.4) is 0 Å². The van der Waals surface area contributed by atoms with Gasteiger partial charge in [-0.25, -0.2) is 9.13 Å². The van der Waals surface area contributed by atoms with Crippen molar-refractivity contribution in [2.45, 2.75) is 224 Å². The molecule has 0 amide bonds. The Morgan fingerprint density at radius 3 is 1.43 bits per heavy atom. The van der Waals surface area contributed by atoms with Crippen molar-refractivity contribution in [2.24, 2.45) is 0 Å². The van der Waals surface area contributed by atoms with E-state index in [9.17, 15) is 53.8 Å². The number of esters is 2. The maximum atomic E-state index is 13.0. The standard InChI is InChI=1S/C47H84O16P2/c1-3-5-7-9-11-13-15-17-19-20-22-23-25-27-29-31-33-35-40(48)59-37-39(61-41(49)36-34-32-30-28-26-24-21-18-16-14-12-10-8-6-4-2)38-60-65(57,58)63-47-44(52)42(50)43(51)46(45(47)53)62-64(54,55)56/h14,16-17,19,22-23,27,29,39,42-47,50-53H,3-13,15,18,20-21,24-26,28,30-38H2,1-2H3,(H,57,58)(H2,54,55,56)/b16-14-,19-17-,23-22-,29-27-/t39-,42?,43?,44?,45?,46-,47+/m1/s1. The van der Waals surface area contributed by atoms with Crippen molar-refractivity contribution < 1.29 is 76.9 Å². The summed E-state index contributed by atoms with van der Waals surface area (Å²) >= 11 is 0. The third-order valence-electron chi connectivity index (χ3n) is 10.9. The first-order chi connectivity index (χ1) is 31.1. The zero-order valence-electron chi connectivity index (χ0n) is 39.2. The summed E-state index contributed by atoms with van der Waals surface area (Å²) in [7, 11) is -10.7. The number of allylic oxidation sites excluding steroid dienone is 8. The predicted molar refractivity (Wildman–Crippen MR) is 250 cm³/mol. The maximum absolute atomic E-state index is 13.0. The predicted octanol–water partition coefficient (Wildman–Crippen LogP) is 9.29. The Morgan fingerprint density at radius 2 is 0.908 bits per heavy atom. The van der Waals surface area contributed by atoms with Crippen LogP contribution in [0.5, 0.6) is 0 Å². The third-order valence-corrected chi connectivity index (χ3v) is 12.4. The summed E-state index contributed by atoms with van der Waals surface area (Å²) in [6.45, 7) is 3.04. The number of unbranched alkanes of at least 4 members (excludes halogenated alkanes) is 18. The molecule has 1 aliphatic carbocycles. The van der Waals surface area contributed by atoms with Gasteiger partial charge in [0.2, 0.25) is 0 Å². The molecule has 0 aromatic heterocycles. The summed E-state index contributed by atoms with van der Waals surface area (Å²) in [5, 5.41) is 41.2. The smallest absolute Gasteiger partial charge is 0.462 e. The van der Waals surface area contributed by atoms with Gasteiger partial charge in [-0.2, -0.15) is 0 Å². The van der Waals surface area contributed by atoms with E-state index in [0.29, 0.717) is 19.3 Å². The minimum atomic E-state index is -5.37. The van der Waals surface area contributed by atoms with Crippen LogP contribution >= 0.6 is 15.6 Å². The van der Waals surface area contributed by atoms with Crippen LogP contribution in [-0.2, 0) is 41.8 Å². The highest BCUT2D eigenvalue weighted by molar-refractivity contribution is 7.47. The first kappa shape index (κ1) is 61.0. The Morgan fingerprint density at radius 1 is 0.492 bits per heavy atom. The van der Waals surface area contributed by atoms with Crippen LogP contribution in [0.1, 0.15) is 181 Å². The molecule has 0 saturated heterocycles. The lowest BCUT2D eigenvalue weighted by Gasteiger charge is -2.43. The molecule has 16 nitrogen and oxygen atoms in total. The minimum Gasteiger partial charge on any atom is -0.462 e. The van der Waals surface area contributed by atoms with Gasteiger partial charge in [0.1, 0.15) is 43.2 Å². The van der Waals surface area contributed by atoms with Gasteiger partial charge in [0, 0.05) is 12.8 Å². The van der Waals surface area contributed by atoms with Crippen molar-refractivity contribution in [1.29, 1.82) is 0 Å². The Hall–Kier alpha value is -2.04. The van der Waals surface area contributed by atoms with Gasteiger partial charge in [0.05, 0.1) is 6.61 Å². The maximum Gasteiger partial charge on any atom is 0.472 e. The van der Waals surface area contributed by atoms with E-state index in [2.05, 4.69) is 54.8 Å². The fourth-order valence-electron chi connectivity index (χ4n) is 7.09. The van der Waals surface area contributed by atoms with Crippen LogP contribution in [-0.4, -0.2) is 103 Å². The lowest BCUT2D eigenvalue weighted by atomic mass is 9.85. The minimum absolute atomic E-state index is 0.0277. The molecule has 8 atom stereocenters. The number of hydrogen-bond donors (Lipinski definition) is 7. The van der Waals surface area contributed by atoms with Gasteiger partial charge in [-0.05, 0) is 70.6 Å². The SMILES string of the molecule is CCCCCC/C=C\CCCCCCCCCC(=O)O[C@H](COC(=O)CCC/C=C\C/C=C\C/C=C\CCCCCCCC)COP(=O)(O)O[C@H]1C(O)C(O)C(O)[C@@H](OP(=O)(O)O)C1O. The third kappa shape index (κ3) is 32.4. The molecule has 1 aliphatic rings. The second kappa shape index (κ2) is 37.9. The molecule has 0 radical (unpaired) electrons. The molecule has 0 spiro atoms. The normalized spacial score (nSPS) is 22.0. The molecule has 5 unspecified atom stereocenters. The molecule has 7 N–H and O–H groups in total. The van der Waals surface area contributed by atoms with Crippen molar-refractivity contribution >= 4 is 27.6 Å². The Kier molecular flexibility index (Phi) is 35.5. The quantitative estimate of drug-likeness (QED) is 0.0131. The first-order valence-corrected chi connectivity index (χ1v) is 27.2. The van der Waals surface area contributed by atoms with Crippen LogP contribution in [0.15, 0.2) is 48.6 Å². The molecular weight excluding hydrogens is 882 g/mol. The number of hydrogen-bond acceptors (Lipinski definition) is 13. The van der Waals surface area contributed by atoms with Crippen molar-refractivity contribution in [3.8, 4) is 0 Å². The molecule has 378 valence electrons. The van der Waals surface area contributed by atoms with Crippen LogP contribution in [0, 0.1) is 0 Å². The molecule has 0 heterocycles. The van der Waals surface area contributed by atoms with Gasteiger partial charge >= 0.3 is 27.6 Å². The lowest BCUT2D eigenvalue weighted by Crippen LogP contribution is -2.64. The summed E-state index contributed by atoms with van der Waals surface area (Å²) in [5.41, 5.74) is 0. The fraction of sp³-hybridized carbons (Fsp3) is 0.787. The van der Waals surface area contributed by atoms with E-state index in [0.717, 1.165) is 70.6 Å². The van der Waals surface area contributed by atoms with E-state index in [1.54, 1.807) is 0 Å². The number of ether oxygens (including phenoxy) is 2. The fourth-order valence-corrected chi connectivity index (χ4v) is 8.63. The van der Waals surface area contributed by atoms with Crippen molar-refractivity contribution in [3.63, 3.8) is 0 Å². The summed E-state index contributed by atoms with van der Waals surface area (Å²) in [6, 6.07) is 0. The van der Waals surface area contributed by atoms with E-state index in [1.165, 1.54) is 64.2 Å². The summed E-state index contributed by atoms with van der Waals surface area (Å²) in [4.78, 5) is 54.3. The van der Waals surface area contributed by atoms with Crippen LogP contribution < -0.4 is 0 Å². The molecule has 1 fully saturated rings. The molecule has 18 heteroatoms. The highest BCUT2D eigenvalue weighted by Crippen LogP contribution is 2.49. The van der Waals surface area contributed by atoms with Gasteiger partial charge in [-0.15, -0.1) is 0 Å². The van der Waals surface area contributed by atoms with E-state index in [1.807, 2.05) is 12.2 Å². The number of carbonyl (C=O) groups is 2. The summed E-state index contributed by atoms with van der Waals surface area (Å²) in [5.74, 6) is -1.27. The van der Waals surface area contributed by atoms with E-state index in [-0.39, 0.29) is 12.8 Å². The molecule has 0 aromatic carbocycles. The number of carbonyl (C=O) groups excluding carboxylic acids is 2. The number of phosphoric acid groups is 2. The van der Waals surface area contributed by atoms with Gasteiger partial charge in [0.25, 0.3) is 0 Å². The summed E-state index contributed by atoms with van der Waals surface area (Å²) in [6.07, 6.45) is 27.9. The zero-order valence-corrected chi connectivity index (χ0v) is 40.9. The van der Waals surface area contributed by atoms with Crippen molar-refractivity contribution in [1.82, 2.24) is 0 Å². The second-order valence-electron chi connectivity index (χ2n) is 16.8. The van der Waals surface area contributed by atoms with Crippen molar-refractivity contribution in [3.05, 3.63) is 48.6 Å². The second-order valence-corrected chi connectivity index (χ2v) is 19.4. The number of rotatable bonds is 40. The van der Waals surface area contributed by atoms with E-state index >= 15 is 0 Å². The molecular formula is C47H84O16P2. The highest BCUT2D eigenvalue weighted by Gasteiger charge is 2.54. The highest BCUT2D eigenvalue weighted by atomic mass is 31.2. The Labute approximate surface area is 388 Å². The lowest BCUT2D eigenvalue weighted by molar-refractivity contribution is -0.216. The van der Waals surface area contributed by atoms with Crippen LogP contribution in [0.25, 0.3) is 0 Å². The van der Waals surface area contributed by atoms with Crippen molar-refractivity contribution in [2.75, 3.05) is 13.2 Å². The molecule has 65 heavy (non-hydrogen) atoms. The van der Waals surface area contributed by atoms with E-state index in [4.69, 9.17) is 18.5 Å². The van der Waals surface area contributed by atoms with Gasteiger partial charge < -0.3 is 44.6 Å². The molecule has 0 bridgehead atoms. The van der Waals surface area contributed by atoms with Gasteiger partial charge in [0.15, 0.2) is 6.10 Å². The Balaban J connectivity index is 2.62. The average Bonchev–Trinajstić information content (AvgIpc) is 3.26. The summed E-state index contributed by atoms with van der Waals surface area (Å²) < 4.78 is 49.3. The van der Waals surface area contributed by atoms with Crippen LogP contribution in [0.2, 0.25) is 0 Å². The molecule has 1 saturated carbocycles. The number of aliphatic hydroxyl groups is 4. The van der Waals surface area contributed by atoms with Gasteiger partial charge in [-0.3, -0.25) is 23.2 Å². The average molecular weight is 967 g/mol. The molecule has 0 aromatic rings.